The molecule has 1 amide bonds. The average Bonchev–Trinajstić information content (AvgIpc) is 3.09. The summed E-state index contributed by atoms with van der Waals surface area (Å²) in [5, 5.41) is 24.2. The van der Waals surface area contributed by atoms with Crippen molar-refractivity contribution >= 4 is 16.0 Å². The van der Waals surface area contributed by atoms with Gasteiger partial charge in [0.05, 0.1) is 28.1 Å². The SMILES string of the molecule is C[C@H](CCC(=O)NCCS(=O)(=O)[O-])[C@H]1CCC2C3[C@H](O)C[C@@H]4C[C@H](O)CC[C@]4(C)[C@H]3CC[C@@]21C.[Na+]. The maximum Gasteiger partial charge on any atom is 1.00 e. The predicted octanol–water partition coefficient (Wildman–Crippen LogP) is 0.0587. The Bertz CT molecular complexity index is 870. The number of carbonyl (C=O) groups excluding carboxylic acids is 1. The molecule has 4 aliphatic carbocycles. The molecule has 9 heteroatoms. The number of nitrogens with one attached hydrogen (secondary N) is 1. The molecule has 0 aromatic rings. The summed E-state index contributed by atoms with van der Waals surface area (Å²) in [6.07, 6.45) is 8.78. The molecule has 0 spiro atoms. The van der Waals surface area contributed by atoms with Gasteiger partial charge in [-0.25, -0.2) is 8.42 Å². The Balaban J connectivity index is 0.00000342. The van der Waals surface area contributed by atoms with E-state index in [1.54, 1.807) is 0 Å². The minimum absolute atomic E-state index is 0. The van der Waals surface area contributed by atoms with E-state index in [0.717, 1.165) is 51.4 Å². The van der Waals surface area contributed by atoms with Crippen LogP contribution in [0.15, 0.2) is 0 Å². The zero-order valence-corrected chi connectivity index (χ0v) is 24.9. The quantitative estimate of drug-likeness (QED) is 0.321. The van der Waals surface area contributed by atoms with E-state index in [-0.39, 0.29) is 65.0 Å². The number of rotatable bonds is 7. The molecule has 0 saturated heterocycles. The van der Waals surface area contributed by atoms with Crippen LogP contribution in [0.1, 0.15) is 85.0 Å². The Hall–Kier alpha value is 0.300. The fourth-order valence-corrected chi connectivity index (χ4v) is 9.49. The van der Waals surface area contributed by atoms with Crippen LogP contribution in [0.4, 0.5) is 0 Å². The molecular weight excluding hydrogens is 477 g/mol. The molecule has 4 aliphatic rings. The molecule has 4 rings (SSSR count). The summed E-state index contributed by atoms with van der Waals surface area (Å²) in [5.74, 6) is 1.92. The zero-order chi connectivity index (χ0) is 24.9. The van der Waals surface area contributed by atoms with Crippen LogP contribution in [0.25, 0.3) is 0 Å². The van der Waals surface area contributed by atoms with Crippen molar-refractivity contribution in [1.29, 1.82) is 0 Å². The van der Waals surface area contributed by atoms with Gasteiger partial charge >= 0.3 is 29.6 Å². The first-order valence-electron chi connectivity index (χ1n) is 13.4. The summed E-state index contributed by atoms with van der Waals surface area (Å²) in [6, 6.07) is 0. The van der Waals surface area contributed by atoms with Crippen LogP contribution >= 0.6 is 0 Å². The minimum atomic E-state index is -4.31. The van der Waals surface area contributed by atoms with E-state index in [9.17, 15) is 28.0 Å². The molecule has 4 saturated carbocycles. The molecule has 2 unspecified atom stereocenters. The molecule has 7 nitrogen and oxygen atoms in total. The Morgan fingerprint density at radius 2 is 1.71 bits per heavy atom. The second-order valence-corrected chi connectivity index (χ2v) is 14.1. The first-order chi connectivity index (χ1) is 15.8. The molecule has 196 valence electrons. The number of amides is 1. The molecule has 0 aromatic carbocycles. The van der Waals surface area contributed by atoms with E-state index >= 15 is 0 Å². The van der Waals surface area contributed by atoms with Gasteiger partial charge in [0, 0.05) is 13.0 Å². The van der Waals surface area contributed by atoms with E-state index < -0.39 is 15.9 Å². The number of fused-ring (bicyclic) bond motifs is 5. The third-order valence-electron chi connectivity index (χ3n) is 10.9. The van der Waals surface area contributed by atoms with E-state index in [1.807, 2.05) is 0 Å². The normalized spacial score (nSPS) is 43.8. The molecule has 0 aliphatic heterocycles. The van der Waals surface area contributed by atoms with Gasteiger partial charge in [0.15, 0.2) is 0 Å². The van der Waals surface area contributed by atoms with Crippen molar-refractivity contribution < 1.29 is 57.5 Å². The van der Waals surface area contributed by atoms with Crippen molar-refractivity contribution in [3.63, 3.8) is 0 Å². The van der Waals surface area contributed by atoms with Crippen LogP contribution in [-0.2, 0) is 14.9 Å². The van der Waals surface area contributed by atoms with Crippen LogP contribution in [0.2, 0.25) is 0 Å². The summed E-state index contributed by atoms with van der Waals surface area (Å²) < 4.78 is 32.2. The standard InChI is InChI=1S/C26H45NO6S.Na/c1-16(4-7-23(30)27-12-13-34(31,32)33)19-5-6-20-24-21(9-11-26(19,20)3)25(2)10-8-18(28)14-17(25)15-22(24)29;/h16-22,24,28-29H,4-15H2,1-3H3,(H,27,30)(H,31,32,33);/q;+1/p-1/t16-,17+,18-,19-,20?,21+,22-,24?,25+,26-;/m1./s1. The van der Waals surface area contributed by atoms with Crippen molar-refractivity contribution in [2.24, 2.45) is 46.3 Å². The molecule has 35 heavy (non-hydrogen) atoms. The summed E-state index contributed by atoms with van der Waals surface area (Å²) in [4.78, 5) is 12.2. The predicted molar refractivity (Wildman–Crippen MR) is 129 cm³/mol. The molecule has 0 bridgehead atoms. The largest absolute Gasteiger partial charge is 1.00 e. The van der Waals surface area contributed by atoms with Gasteiger partial charge in [-0.3, -0.25) is 4.79 Å². The Kier molecular flexibility index (Phi) is 9.54. The number of aliphatic hydroxyl groups is 2. The van der Waals surface area contributed by atoms with E-state index in [2.05, 4.69) is 26.1 Å². The molecular formula is C26H44NNaO6S. The maximum absolute atomic E-state index is 12.2. The van der Waals surface area contributed by atoms with Crippen molar-refractivity contribution in [2.45, 2.75) is 97.2 Å². The Morgan fingerprint density at radius 1 is 1.06 bits per heavy atom. The number of aliphatic hydroxyl groups excluding tert-OH is 2. The number of hydrogen-bond acceptors (Lipinski definition) is 6. The second kappa shape index (κ2) is 11.2. The third-order valence-corrected chi connectivity index (χ3v) is 11.6. The molecule has 0 aromatic heterocycles. The second-order valence-electron chi connectivity index (χ2n) is 12.6. The first kappa shape index (κ1) is 29.9. The van der Waals surface area contributed by atoms with Gasteiger partial charge in [-0.15, -0.1) is 0 Å². The summed E-state index contributed by atoms with van der Waals surface area (Å²) >= 11 is 0. The van der Waals surface area contributed by atoms with Gasteiger partial charge in [-0.05, 0) is 104 Å². The maximum atomic E-state index is 12.2. The van der Waals surface area contributed by atoms with Crippen molar-refractivity contribution in [1.82, 2.24) is 5.32 Å². The van der Waals surface area contributed by atoms with Gasteiger partial charge in [-0.1, -0.05) is 20.8 Å². The first-order valence-corrected chi connectivity index (χ1v) is 15.0. The van der Waals surface area contributed by atoms with Crippen LogP contribution in [0, 0.1) is 46.3 Å². The average molecular weight is 522 g/mol. The Morgan fingerprint density at radius 3 is 2.40 bits per heavy atom. The van der Waals surface area contributed by atoms with Crippen molar-refractivity contribution in [2.75, 3.05) is 12.3 Å². The monoisotopic (exact) mass is 521 g/mol. The van der Waals surface area contributed by atoms with Crippen LogP contribution in [0.3, 0.4) is 0 Å². The molecule has 0 heterocycles. The van der Waals surface area contributed by atoms with Gasteiger partial charge in [-0.2, -0.15) is 0 Å². The zero-order valence-electron chi connectivity index (χ0n) is 22.0. The van der Waals surface area contributed by atoms with Gasteiger partial charge in [0.25, 0.3) is 0 Å². The third kappa shape index (κ3) is 5.99. The molecule has 3 N–H and O–H groups in total. The fraction of sp³-hybridized carbons (Fsp3) is 0.962. The van der Waals surface area contributed by atoms with Crippen molar-refractivity contribution in [3.05, 3.63) is 0 Å². The van der Waals surface area contributed by atoms with E-state index in [1.165, 1.54) is 6.42 Å². The summed E-state index contributed by atoms with van der Waals surface area (Å²) in [5.41, 5.74) is 0.399. The summed E-state index contributed by atoms with van der Waals surface area (Å²) in [6.45, 7) is 6.96. The minimum Gasteiger partial charge on any atom is -0.748 e. The van der Waals surface area contributed by atoms with Gasteiger partial charge in [0.2, 0.25) is 5.91 Å². The topological polar surface area (TPSA) is 127 Å². The molecule has 0 radical (unpaired) electrons. The van der Waals surface area contributed by atoms with E-state index in [0.29, 0.717) is 41.9 Å². The van der Waals surface area contributed by atoms with Crippen LogP contribution in [-0.4, -0.2) is 53.6 Å². The summed E-state index contributed by atoms with van der Waals surface area (Å²) in [7, 11) is -4.31. The van der Waals surface area contributed by atoms with Gasteiger partial charge < -0.3 is 20.1 Å². The number of carbonyl (C=O) groups is 1. The Labute approximate surface area is 233 Å². The molecule has 4 fully saturated rings. The smallest absolute Gasteiger partial charge is 0.748 e. The van der Waals surface area contributed by atoms with Crippen LogP contribution < -0.4 is 34.9 Å². The van der Waals surface area contributed by atoms with Gasteiger partial charge in [0.1, 0.15) is 0 Å². The molecule has 10 atom stereocenters. The fourth-order valence-electron chi connectivity index (χ4n) is 9.14. The number of hydrogen-bond donors (Lipinski definition) is 3. The van der Waals surface area contributed by atoms with Crippen molar-refractivity contribution in [3.8, 4) is 0 Å². The van der Waals surface area contributed by atoms with Crippen LogP contribution in [0.5, 0.6) is 0 Å². The van der Waals surface area contributed by atoms with E-state index in [4.69, 9.17) is 0 Å².